The van der Waals surface area contributed by atoms with Gasteiger partial charge in [-0.05, 0) is 18.8 Å². The number of hydrogen-bond donors (Lipinski definition) is 1. The summed E-state index contributed by atoms with van der Waals surface area (Å²) in [5.74, 6) is 0.959. The van der Waals surface area contributed by atoms with Crippen LogP contribution in [-0.4, -0.2) is 6.54 Å². The quantitative estimate of drug-likeness (QED) is 0.688. The Morgan fingerprint density at radius 1 is 0.944 bits per heavy atom. The molecule has 0 heterocycles. The zero-order valence-electron chi connectivity index (χ0n) is 12.5. The molecule has 0 saturated heterocycles. The molecule has 0 aromatic carbocycles. The summed E-state index contributed by atoms with van der Waals surface area (Å²) in [5.41, 5.74) is 1.20. The molecule has 0 spiro atoms. The van der Waals surface area contributed by atoms with Gasteiger partial charge < -0.3 is 5.32 Å². The van der Waals surface area contributed by atoms with Gasteiger partial charge in [-0.2, -0.15) is 0 Å². The second-order valence-corrected chi connectivity index (χ2v) is 5.94. The molecule has 0 atom stereocenters. The maximum absolute atomic E-state index is 4.02. The van der Waals surface area contributed by atoms with Crippen LogP contribution in [0, 0.1) is 5.92 Å². The van der Waals surface area contributed by atoms with Gasteiger partial charge in [-0.15, -0.1) is 0 Å². The third-order valence-electron chi connectivity index (χ3n) is 4.33. The van der Waals surface area contributed by atoms with Gasteiger partial charge in [-0.1, -0.05) is 77.7 Å². The SMILES string of the molecule is C=C(CC)NCCC1CCCCCCCCCC1. The molecule has 0 aromatic heterocycles. The molecule has 1 fully saturated rings. The molecule has 1 aliphatic rings. The van der Waals surface area contributed by atoms with Crippen molar-refractivity contribution in [3.63, 3.8) is 0 Å². The second kappa shape index (κ2) is 10.5. The molecule has 1 aliphatic carbocycles. The van der Waals surface area contributed by atoms with Crippen LogP contribution >= 0.6 is 0 Å². The highest BCUT2D eigenvalue weighted by molar-refractivity contribution is 4.88. The van der Waals surface area contributed by atoms with E-state index < -0.39 is 0 Å². The molecule has 1 heteroatoms. The van der Waals surface area contributed by atoms with E-state index in [2.05, 4.69) is 18.8 Å². The molecular formula is C17H33N. The van der Waals surface area contributed by atoms with E-state index in [-0.39, 0.29) is 0 Å². The fourth-order valence-electron chi connectivity index (χ4n) is 2.94. The summed E-state index contributed by atoms with van der Waals surface area (Å²) in [7, 11) is 0. The maximum atomic E-state index is 4.02. The molecule has 1 nitrogen and oxygen atoms in total. The van der Waals surface area contributed by atoms with Gasteiger partial charge in [0, 0.05) is 12.2 Å². The van der Waals surface area contributed by atoms with E-state index in [9.17, 15) is 0 Å². The van der Waals surface area contributed by atoms with E-state index in [0.29, 0.717) is 0 Å². The first-order valence-corrected chi connectivity index (χ1v) is 8.24. The highest BCUT2D eigenvalue weighted by atomic mass is 14.9. The van der Waals surface area contributed by atoms with Crippen molar-refractivity contribution in [3.8, 4) is 0 Å². The van der Waals surface area contributed by atoms with Gasteiger partial charge >= 0.3 is 0 Å². The summed E-state index contributed by atoms with van der Waals surface area (Å²) in [6, 6.07) is 0. The Hall–Kier alpha value is -0.460. The summed E-state index contributed by atoms with van der Waals surface area (Å²) in [5, 5.41) is 3.46. The van der Waals surface area contributed by atoms with Crippen molar-refractivity contribution in [2.45, 2.75) is 84.0 Å². The maximum Gasteiger partial charge on any atom is 0.0146 e. The normalized spacial score (nSPS) is 20.1. The van der Waals surface area contributed by atoms with Crippen LogP contribution in [0.2, 0.25) is 0 Å². The van der Waals surface area contributed by atoms with Crippen LogP contribution in [-0.2, 0) is 0 Å². The summed E-state index contributed by atoms with van der Waals surface area (Å²) in [6.45, 7) is 7.32. The minimum Gasteiger partial charge on any atom is -0.389 e. The fourth-order valence-corrected chi connectivity index (χ4v) is 2.94. The van der Waals surface area contributed by atoms with Gasteiger partial charge in [0.05, 0.1) is 0 Å². The van der Waals surface area contributed by atoms with Crippen LogP contribution in [0.15, 0.2) is 12.3 Å². The predicted molar refractivity (Wildman–Crippen MR) is 81.7 cm³/mol. The Bertz CT molecular complexity index is 198. The number of hydrogen-bond acceptors (Lipinski definition) is 1. The van der Waals surface area contributed by atoms with E-state index in [4.69, 9.17) is 0 Å². The molecule has 1 N–H and O–H groups in total. The van der Waals surface area contributed by atoms with Crippen molar-refractivity contribution in [3.05, 3.63) is 12.3 Å². The van der Waals surface area contributed by atoms with Crippen molar-refractivity contribution in [2.24, 2.45) is 5.92 Å². The molecule has 0 amide bonds. The standard InChI is InChI=1S/C17H33N/c1-3-16(2)18-15-14-17-12-10-8-6-4-5-7-9-11-13-17/h17-18H,2-15H2,1H3. The Labute approximate surface area is 114 Å². The van der Waals surface area contributed by atoms with Crippen LogP contribution in [0.25, 0.3) is 0 Å². The molecule has 106 valence electrons. The van der Waals surface area contributed by atoms with Crippen molar-refractivity contribution in [2.75, 3.05) is 6.54 Å². The zero-order chi connectivity index (χ0) is 13.1. The van der Waals surface area contributed by atoms with Crippen LogP contribution in [0.3, 0.4) is 0 Å². The van der Waals surface area contributed by atoms with Gasteiger partial charge in [0.2, 0.25) is 0 Å². The Kier molecular flexibility index (Phi) is 9.06. The first-order valence-electron chi connectivity index (χ1n) is 8.24. The van der Waals surface area contributed by atoms with E-state index in [1.165, 1.54) is 76.3 Å². The zero-order valence-corrected chi connectivity index (χ0v) is 12.5. The first-order chi connectivity index (χ1) is 8.83. The number of allylic oxidation sites excluding steroid dienone is 1. The van der Waals surface area contributed by atoms with Crippen molar-refractivity contribution in [1.29, 1.82) is 0 Å². The smallest absolute Gasteiger partial charge is 0.0146 e. The minimum absolute atomic E-state index is 0.959. The Balaban J connectivity index is 2.19. The van der Waals surface area contributed by atoms with E-state index >= 15 is 0 Å². The Morgan fingerprint density at radius 3 is 1.94 bits per heavy atom. The molecule has 1 rings (SSSR count). The average Bonchev–Trinajstić information content (AvgIpc) is 2.44. The van der Waals surface area contributed by atoms with Gasteiger partial charge in [0.25, 0.3) is 0 Å². The third kappa shape index (κ3) is 7.79. The summed E-state index contributed by atoms with van der Waals surface area (Å²) < 4.78 is 0. The van der Waals surface area contributed by atoms with Crippen molar-refractivity contribution >= 4 is 0 Å². The lowest BCUT2D eigenvalue weighted by atomic mass is 9.92. The number of rotatable bonds is 5. The molecule has 18 heavy (non-hydrogen) atoms. The molecule has 1 saturated carbocycles. The fraction of sp³-hybridized carbons (Fsp3) is 0.882. The molecular weight excluding hydrogens is 218 g/mol. The predicted octanol–water partition coefficient (Wildman–Crippen LogP) is 5.42. The highest BCUT2D eigenvalue weighted by Crippen LogP contribution is 2.23. The van der Waals surface area contributed by atoms with Crippen LogP contribution in [0.5, 0.6) is 0 Å². The van der Waals surface area contributed by atoms with Gasteiger partial charge in [0.1, 0.15) is 0 Å². The first kappa shape index (κ1) is 15.6. The van der Waals surface area contributed by atoms with Crippen molar-refractivity contribution < 1.29 is 0 Å². The summed E-state index contributed by atoms with van der Waals surface area (Å²) in [6.07, 6.45) is 17.1. The lowest BCUT2D eigenvalue weighted by molar-refractivity contribution is 0.385. The monoisotopic (exact) mass is 251 g/mol. The highest BCUT2D eigenvalue weighted by Gasteiger charge is 2.09. The van der Waals surface area contributed by atoms with Gasteiger partial charge in [-0.3, -0.25) is 0 Å². The van der Waals surface area contributed by atoms with E-state index in [1.807, 2.05) is 0 Å². The van der Waals surface area contributed by atoms with Crippen LogP contribution in [0.1, 0.15) is 84.0 Å². The summed E-state index contributed by atoms with van der Waals surface area (Å²) >= 11 is 0. The van der Waals surface area contributed by atoms with Gasteiger partial charge in [0.15, 0.2) is 0 Å². The minimum atomic E-state index is 0.959. The molecule has 0 unspecified atom stereocenters. The van der Waals surface area contributed by atoms with Crippen LogP contribution in [0.4, 0.5) is 0 Å². The summed E-state index contributed by atoms with van der Waals surface area (Å²) in [4.78, 5) is 0. The van der Waals surface area contributed by atoms with E-state index in [1.54, 1.807) is 0 Å². The average molecular weight is 251 g/mol. The molecule has 0 aliphatic heterocycles. The topological polar surface area (TPSA) is 12.0 Å². The largest absolute Gasteiger partial charge is 0.389 e. The van der Waals surface area contributed by atoms with Gasteiger partial charge in [-0.25, -0.2) is 0 Å². The Morgan fingerprint density at radius 2 is 1.44 bits per heavy atom. The lowest BCUT2D eigenvalue weighted by Gasteiger charge is -2.17. The molecule has 0 aromatic rings. The molecule has 0 bridgehead atoms. The third-order valence-corrected chi connectivity index (χ3v) is 4.33. The molecule has 0 radical (unpaired) electrons. The van der Waals surface area contributed by atoms with E-state index in [0.717, 1.165) is 18.9 Å². The second-order valence-electron chi connectivity index (χ2n) is 5.94. The number of nitrogens with one attached hydrogen (secondary N) is 1. The van der Waals surface area contributed by atoms with Crippen molar-refractivity contribution in [1.82, 2.24) is 5.32 Å². The van der Waals surface area contributed by atoms with Crippen LogP contribution < -0.4 is 5.32 Å². The lowest BCUT2D eigenvalue weighted by Crippen LogP contribution is -2.17.